The van der Waals surface area contributed by atoms with E-state index >= 15 is 0 Å². The van der Waals surface area contributed by atoms with Crippen LogP contribution in [0.2, 0.25) is 0 Å². The number of ether oxygens (including phenoxy) is 4. The van der Waals surface area contributed by atoms with E-state index in [1.54, 1.807) is 14.2 Å². The minimum Gasteiger partial charge on any atom is -0.455 e. The van der Waals surface area contributed by atoms with Crippen molar-refractivity contribution < 1.29 is 28.8 Å². The Balaban J connectivity index is 2.06. The fraction of sp³-hybridized carbons (Fsp3) is 0.833. The van der Waals surface area contributed by atoms with Gasteiger partial charge in [0.25, 0.3) is 0 Å². The number of hydrogen-bond acceptors (Lipinski definition) is 6. The Bertz CT molecular complexity index is 542. The molecule has 3 rings (SSSR count). The molecule has 1 saturated heterocycles. The molecule has 1 aliphatic heterocycles. The van der Waals surface area contributed by atoms with Crippen molar-refractivity contribution in [2.24, 2.45) is 17.3 Å². The number of aliphatic hydroxyl groups is 1. The van der Waals surface area contributed by atoms with E-state index in [0.29, 0.717) is 6.42 Å². The van der Waals surface area contributed by atoms with Gasteiger partial charge in [0.2, 0.25) is 0 Å². The number of methoxy groups -OCH3 is 2. The van der Waals surface area contributed by atoms with Crippen LogP contribution in [0.25, 0.3) is 0 Å². The third kappa shape index (κ3) is 2.35. The van der Waals surface area contributed by atoms with E-state index in [4.69, 9.17) is 18.9 Å². The Hall–Kier alpha value is -0.950. The first-order valence-corrected chi connectivity index (χ1v) is 8.50. The third-order valence-electron chi connectivity index (χ3n) is 6.10. The van der Waals surface area contributed by atoms with Crippen LogP contribution in [0.5, 0.6) is 0 Å². The van der Waals surface area contributed by atoms with Gasteiger partial charge >= 0.3 is 5.97 Å². The standard InChI is InChI=1S/C18H28O6/c1-10-6-12(22-5)15(23-9-21-4)14-11-8-17(2,3)18(11,13(19)7-10)24-16(14)20/h6,11-15,19H,7-9H2,1-5H3/b10-6-/t11-,12-,13+,14+,15+,18-/m1/s1. The first-order valence-electron chi connectivity index (χ1n) is 8.50. The lowest BCUT2D eigenvalue weighted by atomic mass is 9.47. The summed E-state index contributed by atoms with van der Waals surface area (Å²) in [6.45, 7) is 6.14. The molecule has 1 saturated carbocycles. The van der Waals surface area contributed by atoms with Gasteiger partial charge in [0.1, 0.15) is 24.6 Å². The lowest BCUT2D eigenvalue weighted by molar-refractivity contribution is -0.241. The molecule has 0 amide bonds. The van der Waals surface area contributed by atoms with Crippen molar-refractivity contribution in [1.29, 1.82) is 0 Å². The van der Waals surface area contributed by atoms with Crippen LogP contribution in [0.15, 0.2) is 11.6 Å². The molecule has 6 nitrogen and oxygen atoms in total. The van der Waals surface area contributed by atoms with Gasteiger partial charge in [-0.2, -0.15) is 0 Å². The number of carbonyl (C=O) groups is 1. The van der Waals surface area contributed by atoms with Gasteiger partial charge in [-0.25, -0.2) is 0 Å². The molecule has 24 heavy (non-hydrogen) atoms. The molecule has 6 heteroatoms. The maximum absolute atomic E-state index is 12.7. The summed E-state index contributed by atoms with van der Waals surface area (Å²) in [4.78, 5) is 12.7. The topological polar surface area (TPSA) is 74.2 Å². The number of rotatable bonds is 4. The molecule has 0 aromatic heterocycles. The summed E-state index contributed by atoms with van der Waals surface area (Å²) < 4.78 is 22.4. The second kappa shape index (κ2) is 6.09. The van der Waals surface area contributed by atoms with Crippen LogP contribution in [-0.4, -0.2) is 56.0 Å². The lowest BCUT2D eigenvalue weighted by Gasteiger charge is -2.59. The SMILES string of the molecule is COCO[C@@H]1[C@H]2C(=O)O[C@]3([C@@H]2CC3(C)C)[C@@H](O)C/C(C)=C\[C@H]1OC. The van der Waals surface area contributed by atoms with Crippen LogP contribution in [0, 0.1) is 17.3 Å². The Morgan fingerprint density at radius 3 is 2.67 bits per heavy atom. The fourth-order valence-electron chi connectivity index (χ4n) is 5.02. The Labute approximate surface area is 143 Å². The Morgan fingerprint density at radius 1 is 1.38 bits per heavy atom. The Morgan fingerprint density at radius 2 is 2.08 bits per heavy atom. The van der Waals surface area contributed by atoms with Crippen molar-refractivity contribution >= 4 is 5.97 Å². The summed E-state index contributed by atoms with van der Waals surface area (Å²) in [5.74, 6) is -0.843. The van der Waals surface area contributed by atoms with Crippen LogP contribution in [-0.2, 0) is 23.7 Å². The van der Waals surface area contributed by atoms with Gasteiger partial charge in [0, 0.05) is 25.6 Å². The summed E-state index contributed by atoms with van der Waals surface area (Å²) in [5, 5.41) is 10.9. The zero-order valence-corrected chi connectivity index (χ0v) is 15.1. The van der Waals surface area contributed by atoms with Crippen LogP contribution in [0.4, 0.5) is 0 Å². The Kier molecular flexibility index (Phi) is 4.53. The predicted molar refractivity (Wildman–Crippen MR) is 86.1 cm³/mol. The van der Waals surface area contributed by atoms with E-state index < -0.39 is 23.7 Å². The molecule has 2 fully saturated rings. The smallest absolute Gasteiger partial charge is 0.312 e. The highest BCUT2D eigenvalue weighted by atomic mass is 16.7. The maximum atomic E-state index is 12.7. The minimum absolute atomic E-state index is 0.0752. The molecule has 3 aliphatic rings. The summed E-state index contributed by atoms with van der Waals surface area (Å²) in [5.41, 5.74) is -0.110. The minimum atomic E-state index is -0.846. The second-order valence-corrected chi connectivity index (χ2v) is 7.91. The second-order valence-electron chi connectivity index (χ2n) is 7.91. The molecule has 1 N–H and O–H groups in total. The van der Waals surface area contributed by atoms with E-state index in [9.17, 15) is 9.90 Å². The van der Waals surface area contributed by atoms with Crippen molar-refractivity contribution in [2.45, 2.75) is 57.5 Å². The van der Waals surface area contributed by atoms with E-state index in [-0.39, 0.29) is 30.2 Å². The van der Waals surface area contributed by atoms with Gasteiger partial charge in [-0.05, 0) is 19.8 Å². The monoisotopic (exact) mass is 340 g/mol. The predicted octanol–water partition coefficient (Wildman–Crippen LogP) is 1.66. The lowest BCUT2D eigenvalue weighted by Crippen LogP contribution is -2.67. The number of esters is 1. The number of hydrogen-bond donors (Lipinski definition) is 1. The molecule has 2 aliphatic carbocycles. The van der Waals surface area contributed by atoms with Crippen LogP contribution >= 0.6 is 0 Å². The summed E-state index contributed by atoms with van der Waals surface area (Å²) in [6.07, 6.45) is 1.60. The van der Waals surface area contributed by atoms with Crippen molar-refractivity contribution in [3.8, 4) is 0 Å². The van der Waals surface area contributed by atoms with Gasteiger partial charge in [0.15, 0.2) is 0 Å². The molecule has 1 heterocycles. The van der Waals surface area contributed by atoms with E-state index in [0.717, 1.165) is 12.0 Å². The highest BCUT2D eigenvalue weighted by molar-refractivity contribution is 5.78. The highest BCUT2D eigenvalue weighted by Gasteiger charge is 2.75. The molecule has 0 radical (unpaired) electrons. The molecule has 0 unspecified atom stereocenters. The van der Waals surface area contributed by atoms with Gasteiger partial charge in [-0.15, -0.1) is 0 Å². The van der Waals surface area contributed by atoms with Gasteiger partial charge in [-0.3, -0.25) is 4.79 Å². The average Bonchev–Trinajstić information content (AvgIpc) is 2.77. The van der Waals surface area contributed by atoms with Crippen molar-refractivity contribution in [2.75, 3.05) is 21.0 Å². The third-order valence-corrected chi connectivity index (χ3v) is 6.10. The molecular weight excluding hydrogens is 312 g/mol. The van der Waals surface area contributed by atoms with Crippen LogP contribution in [0.1, 0.15) is 33.6 Å². The summed E-state index contributed by atoms with van der Waals surface area (Å²) in [7, 11) is 3.15. The zero-order chi connectivity index (χ0) is 17.7. The van der Waals surface area contributed by atoms with Gasteiger partial charge in [0.05, 0.1) is 12.0 Å². The number of carbonyl (C=O) groups excluding carboxylic acids is 1. The van der Waals surface area contributed by atoms with E-state index in [1.165, 1.54) is 0 Å². The quantitative estimate of drug-likeness (QED) is 0.477. The summed E-state index contributed by atoms with van der Waals surface area (Å²) >= 11 is 0. The summed E-state index contributed by atoms with van der Waals surface area (Å²) in [6, 6.07) is 0. The maximum Gasteiger partial charge on any atom is 0.312 e. The van der Waals surface area contributed by atoms with Gasteiger partial charge in [-0.1, -0.05) is 25.5 Å². The normalized spacial score (nSPS) is 45.8. The number of aliphatic hydroxyl groups excluding tert-OH is 1. The highest BCUT2D eigenvalue weighted by Crippen LogP contribution is 2.66. The van der Waals surface area contributed by atoms with Crippen LogP contribution in [0.3, 0.4) is 0 Å². The molecule has 136 valence electrons. The van der Waals surface area contributed by atoms with E-state index in [1.807, 2.05) is 13.0 Å². The molecule has 0 aromatic carbocycles. The van der Waals surface area contributed by atoms with Crippen LogP contribution < -0.4 is 0 Å². The largest absolute Gasteiger partial charge is 0.455 e. The molecule has 6 atom stereocenters. The average molecular weight is 340 g/mol. The first-order chi connectivity index (χ1) is 11.3. The van der Waals surface area contributed by atoms with E-state index in [2.05, 4.69) is 13.8 Å². The fourth-order valence-corrected chi connectivity index (χ4v) is 5.02. The first kappa shape index (κ1) is 17.9. The molecule has 0 spiro atoms. The van der Waals surface area contributed by atoms with Crippen molar-refractivity contribution in [1.82, 2.24) is 0 Å². The molecule has 2 bridgehead atoms. The van der Waals surface area contributed by atoms with Crippen molar-refractivity contribution in [3.05, 3.63) is 11.6 Å². The molecule has 0 aromatic rings. The van der Waals surface area contributed by atoms with Gasteiger partial charge < -0.3 is 24.1 Å². The molecular formula is C18H28O6. The van der Waals surface area contributed by atoms with Crippen molar-refractivity contribution in [3.63, 3.8) is 0 Å². The zero-order valence-electron chi connectivity index (χ0n) is 15.1.